The van der Waals surface area contributed by atoms with E-state index in [0.717, 1.165) is 19.6 Å². The Kier molecular flexibility index (Phi) is 6.41. The first kappa shape index (κ1) is 14.9. The molecule has 0 aromatic carbocycles. The quantitative estimate of drug-likeness (QED) is 0.716. The van der Waals surface area contributed by atoms with E-state index in [1.54, 1.807) is 0 Å². The summed E-state index contributed by atoms with van der Waals surface area (Å²) in [5.41, 5.74) is 0.321. The molecule has 0 amide bonds. The van der Waals surface area contributed by atoms with Crippen LogP contribution in [0.4, 0.5) is 0 Å². The number of rotatable bonds is 6. The number of hydrogen-bond donors (Lipinski definition) is 1. The van der Waals surface area contributed by atoms with Gasteiger partial charge in [-0.25, -0.2) is 0 Å². The fraction of sp³-hybridized carbons (Fsp3) is 1.00. The van der Waals surface area contributed by atoms with E-state index in [1.807, 2.05) is 0 Å². The molecule has 1 atom stereocenters. The molecular weight excluding hydrogens is 186 g/mol. The molecule has 0 rings (SSSR count). The molecule has 15 heavy (non-hydrogen) atoms. The summed E-state index contributed by atoms with van der Waals surface area (Å²) in [5, 5.41) is 3.41. The minimum absolute atomic E-state index is 0.321. The van der Waals surface area contributed by atoms with Crippen molar-refractivity contribution in [3.8, 4) is 0 Å². The van der Waals surface area contributed by atoms with Gasteiger partial charge in [-0.05, 0) is 33.6 Å². The van der Waals surface area contributed by atoms with Crippen LogP contribution in [0, 0.1) is 5.41 Å². The highest BCUT2D eigenvalue weighted by molar-refractivity contribution is 4.81. The number of likely N-dealkylation sites (N-methyl/N-ethyl adjacent to an activating group) is 3. The van der Waals surface area contributed by atoms with E-state index in [0.29, 0.717) is 11.5 Å². The van der Waals surface area contributed by atoms with Gasteiger partial charge in [0.2, 0.25) is 0 Å². The molecule has 0 aromatic rings. The summed E-state index contributed by atoms with van der Waals surface area (Å²) >= 11 is 0. The Morgan fingerprint density at radius 3 is 1.93 bits per heavy atom. The van der Waals surface area contributed by atoms with Crippen molar-refractivity contribution in [3.63, 3.8) is 0 Å². The van der Waals surface area contributed by atoms with Crippen LogP contribution in [-0.2, 0) is 0 Å². The molecule has 0 saturated heterocycles. The van der Waals surface area contributed by atoms with Crippen LogP contribution in [0.25, 0.3) is 0 Å². The summed E-state index contributed by atoms with van der Waals surface area (Å²) in [6, 6.07) is 0.546. The lowest BCUT2D eigenvalue weighted by Gasteiger charge is -2.34. The predicted molar refractivity (Wildman–Crippen MR) is 68.4 cm³/mol. The molecule has 0 aliphatic rings. The van der Waals surface area contributed by atoms with Crippen LogP contribution in [0.3, 0.4) is 0 Å². The van der Waals surface area contributed by atoms with Gasteiger partial charge in [-0.1, -0.05) is 20.8 Å². The molecule has 0 aliphatic heterocycles. The molecule has 0 aromatic heterocycles. The molecular formula is C12H29N3. The lowest BCUT2D eigenvalue weighted by Crippen LogP contribution is -2.47. The van der Waals surface area contributed by atoms with Crippen LogP contribution in [-0.4, -0.2) is 63.7 Å². The largest absolute Gasteiger partial charge is 0.315 e. The van der Waals surface area contributed by atoms with Crippen LogP contribution in [0.15, 0.2) is 0 Å². The van der Waals surface area contributed by atoms with E-state index in [-0.39, 0.29) is 0 Å². The molecule has 0 saturated carbocycles. The van der Waals surface area contributed by atoms with Gasteiger partial charge in [0.1, 0.15) is 0 Å². The molecule has 0 radical (unpaired) electrons. The molecule has 0 spiro atoms. The third-order valence-electron chi connectivity index (χ3n) is 2.82. The Labute approximate surface area is 95.8 Å². The second-order valence-corrected chi connectivity index (χ2v) is 5.77. The van der Waals surface area contributed by atoms with E-state index in [1.165, 1.54) is 0 Å². The van der Waals surface area contributed by atoms with E-state index < -0.39 is 0 Å². The zero-order valence-corrected chi connectivity index (χ0v) is 11.6. The van der Waals surface area contributed by atoms with Crippen molar-refractivity contribution in [2.75, 3.05) is 47.8 Å². The zero-order valence-electron chi connectivity index (χ0n) is 11.6. The molecule has 3 heteroatoms. The van der Waals surface area contributed by atoms with Gasteiger partial charge in [-0.3, -0.25) is 0 Å². The van der Waals surface area contributed by atoms with Crippen LogP contribution < -0.4 is 5.32 Å². The van der Waals surface area contributed by atoms with E-state index in [2.05, 4.69) is 64.1 Å². The second kappa shape index (κ2) is 6.46. The Morgan fingerprint density at radius 1 is 1.07 bits per heavy atom. The fourth-order valence-electron chi connectivity index (χ4n) is 1.57. The van der Waals surface area contributed by atoms with Crippen molar-refractivity contribution in [2.24, 2.45) is 5.41 Å². The Morgan fingerprint density at radius 2 is 1.60 bits per heavy atom. The molecule has 3 nitrogen and oxygen atoms in total. The minimum atomic E-state index is 0.321. The first-order valence-corrected chi connectivity index (χ1v) is 5.78. The lowest BCUT2D eigenvalue weighted by atomic mass is 9.86. The van der Waals surface area contributed by atoms with Gasteiger partial charge in [0.15, 0.2) is 0 Å². The average molecular weight is 215 g/mol. The van der Waals surface area contributed by atoms with Crippen molar-refractivity contribution in [1.29, 1.82) is 0 Å². The van der Waals surface area contributed by atoms with E-state index in [9.17, 15) is 0 Å². The van der Waals surface area contributed by atoms with Gasteiger partial charge in [0, 0.05) is 25.7 Å². The summed E-state index contributed by atoms with van der Waals surface area (Å²) < 4.78 is 0. The molecule has 1 unspecified atom stereocenters. The highest BCUT2D eigenvalue weighted by Crippen LogP contribution is 2.19. The van der Waals surface area contributed by atoms with Gasteiger partial charge in [-0.2, -0.15) is 0 Å². The van der Waals surface area contributed by atoms with E-state index in [4.69, 9.17) is 0 Å². The first-order chi connectivity index (χ1) is 6.77. The van der Waals surface area contributed by atoms with Gasteiger partial charge >= 0.3 is 0 Å². The van der Waals surface area contributed by atoms with Crippen molar-refractivity contribution >= 4 is 0 Å². The van der Waals surface area contributed by atoms with Crippen LogP contribution in [0.1, 0.15) is 20.8 Å². The van der Waals surface area contributed by atoms with Gasteiger partial charge < -0.3 is 15.1 Å². The summed E-state index contributed by atoms with van der Waals surface area (Å²) in [6.07, 6.45) is 0. The molecule has 0 bridgehead atoms. The van der Waals surface area contributed by atoms with Crippen LogP contribution in [0.2, 0.25) is 0 Å². The third-order valence-corrected chi connectivity index (χ3v) is 2.82. The predicted octanol–water partition coefficient (Wildman–Crippen LogP) is 1.11. The number of nitrogens with zero attached hydrogens (tertiary/aromatic N) is 2. The van der Waals surface area contributed by atoms with Crippen molar-refractivity contribution in [1.82, 2.24) is 15.1 Å². The molecule has 0 fully saturated rings. The van der Waals surface area contributed by atoms with Crippen molar-refractivity contribution in [2.45, 2.75) is 26.8 Å². The van der Waals surface area contributed by atoms with Crippen LogP contribution >= 0.6 is 0 Å². The fourth-order valence-corrected chi connectivity index (χ4v) is 1.57. The normalized spacial score (nSPS) is 15.0. The summed E-state index contributed by atoms with van der Waals surface area (Å²) in [6.45, 7) is 10.2. The Bertz CT molecular complexity index is 161. The SMILES string of the molecule is CNC(CN(C)CCN(C)C)C(C)(C)C. The van der Waals surface area contributed by atoms with Gasteiger partial charge in [-0.15, -0.1) is 0 Å². The highest BCUT2D eigenvalue weighted by Gasteiger charge is 2.23. The van der Waals surface area contributed by atoms with Crippen molar-refractivity contribution < 1.29 is 0 Å². The summed E-state index contributed by atoms with van der Waals surface area (Å²) in [5.74, 6) is 0. The Balaban J connectivity index is 3.97. The number of hydrogen-bond acceptors (Lipinski definition) is 3. The molecule has 92 valence electrons. The van der Waals surface area contributed by atoms with Crippen molar-refractivity contribution in [3.05, 3.63) is 0 Å². The topological polar surface area (TPSA) is 18.5 Å². The maximum atomic E-state index is 3.41. The smallest absolute Gasteiger partial charge is 0.0240 e. The Hall–Kier alpha value is -0.120. The van der Waals surface area contributed by atoms with Gasteiger partial charge in [0.25, 0.3) is 0 Å². The zero-order chi connectivity index (χ0) is 12.1. The highest BCUT2D eigenvalue weighted by atomic mass is 15.2. The maximum absolute atomic E-state index is 3.41. The van der Waals surface area contributed by atoms with Gasteiger partial charge in [0.05, 0.1) is 0 Å². The summed E-state index contributed by atoms with van der Waals surface area (Å²) in [4.78, 5) is 4.62. The minimum Gasteiger partial charge on any atom is -0.315 e. The monoisotopic (exact) mass is 215 g/mol. The second-order valence-electron chi connectivity index (χ2n) is 5.77. The first-order valence-electron chi connectivity index (χ1n) is 5.78. The standard InChI is InChI=1S/C12H29N3/c1-12(2,3)11(13-4)10-15(7)9-8-14(5)6/h11,13H,8-10H2,1-7H3. The molecule has 0 aliphatic carbocycles. The third kappa shape index (κ3) is 6.88. The molecule has 1 N–H and O–H groups in total. The molecule has 0 heterocycles. The van der Waals surface area contributed by atoms with Crippen LogP contribution in [0.5, 0.6) is 0 Å². The average Bonchev–Trinajstić information content (AvgIpc) is 2.08. The maximum Gasteiger partial charge on any atom is 0.0240 e. The van der Waals surface area contributed by atoms with E-state index >= 15 is 0 Å². The summed E-state index contributed by atoms with van der Waals surface area (Å²) in [7, 11) is 8.48. The number of nitrogens with one attached hydrogen (secondary N) is 1. The lowest BCUT2D eigenvalue weighted by molar-refractivity contribution is 0.192.